The molecule has 0 radical (unpaired) electrons. The first-order chi connectivity index (χ1) is 11.0. The predicted molar refractivity (Wildman–Crippen MR) is 96.6 cm³/mol. The van der Waals surface area contributed by atoms with Gasteiger partial charge < -0.3 is 9.47 Å². The number of hydrogen-bond donors (Lipinski definition) is 0. The van der Waals surface area contributed by atoms with E-state index in [2.05, 4.69) is 51.7 Å². The third-order valence-electron chi connectivity index (χ3n) is 4.31. The van der Waals surface area contributed by atoms with Crippen LogP contribution in [-0.4, -0.2) is 23.8 Å². The first-order valence-electron chi connectivity index (χ1n) is 9.12. The molecule has 0 saturated heterocycles. The molecule has 0 aliphatic rings. The number of ether oxygens (including phenoxy) is 2. The van der Waals surface area contributed by atoms with Crippen molar-refractivity contribution in [1.82, 2.24) is 4.98 Å². The Bertz CT molecular complexity index is 414. The maximum absolute atomic E-state index is 5.76. The van der Waals surface area contributed by atoms with Crippen LogP contribution in [0.2, 0.25) is 0 Å². The fraction of sp³-hybridized carbons (Fsp3) is 0.750. The van der Waals surface area contributed by atoms with Crippen molar-refractivity contribution in [3.8, 4) is 0 Å². The first kappa shape index (κ1) is 20.1. The summed E-state index contributed by atoms with van der Waals surface area (Å²) in [7, 11) is 0. The zero-order valence-corrected chi connectivity index (χ0v) is 15.7. The third kappa shape index (κ3) is 9.07. The monoisotopic (exact) mass is 321 g/mol. The average Bonchev–Trinajstić information content (AvgIpc) is 2.52. The van der Waals surface area contributed by atoms with Crippen molar-refractivity contribution in [2.75, 3.05) is 13.2 Å². The molecule has 0 aromatic carbocycles. The van der Waals surface area contributed by atoms with Gasteiger partial charge in [0.1, 0.15) is 0 Å². The fourth-order valence-electron chi connectivity index (χ4n) is 2.69. The summed E-state index contributed by atoms with van der Waals surface area (Å²) in [4.78, 5) is 4.42. The molecule has 1 aromatic rings. The van der Waals surface area contributed by atoms with Crippen molar-refractivity contribution in [1.29, 1.82) is 0 Å². The van der Waals surface area contributed by atoms with Gasteiger partial charge in [-0.15, -0.1) is 0 Å². The Balaban J connectivity index is 2.10. The van der Waals surface area contributed by atoms with Gasteiger partial charge in [-0.05, 0) is 57.6 Å². The molecule has 0 aliphatic heterocycles. The van der Waals surface area contributed by atoms with Gasteiger partial charge in [0.25, 0.3) is 0 Å². The lowest BCUT2D eigenvalue weighted by Gasteiger charge is -2.25. The highest BCUT2D eigenvalue weighted by atomic mass is 16.5. The summed E-state index contributed by atoms with van der Waals surface area (Å²) in [6.07, 6.45) is 7.67. The molecule has 132 valence electrons. The van der Waals surface area contributed by atoms with Crippen LogP contribution in [0.25, 0.3) is 0 Å². The van der Waals surface area contributed by atoms with Crippen molar-refractivity contribution in [2.45, 2.75) is 78.9 Å². The zero-order valence-electron chi connectivity index (χ0n) is 15.7. The molecule has 0 N–H and O–H groups in total. The highest BCUT2D eigenvalue weighted by molar-refractivity contribution is 5.13. The lowest BCUT2D eigenvalue weighted by atomic mass is 9.95. The molecule has 1 atom stereocenters. The lowest BCUT2D eigenvalue weighted by Crippen LogP contribution is -2.24. The van der Waals surface area contributed by atoms with E-state index in [-0.39, 0.29) is 5.60 Å². The van der Waals surface area contributed by atoms with Crippen molar-refractivity contribution >= 4 is 0 Å². The second kappa shape index (κ2) is 10.8. The molecule has 23 heavy (non-hydrogen) atoms. The van der Waals surface area contributed by atoms with Crippen LogP contribution in [0.3, 0.4) is 0 Å². The van der Waals surface area contributed by atoms with Crippen LogP contribution in [0.5, 0.6) is 0 Å². The highest BCUT2D eigenvalue weighted by Gasteiger charge is 2.17. The lowest BCUT2D eigenvalue weighted by molar-refractivity contribution is -0.0184. The van der Waals surface area contributed by atoms with Crippen molar-refractivity contribution in [3.05, 3.63) is 29.6 Å². The topological polar surface area (TPSA) is 31.4 Å². The molecule has 1 aromatic heterocycles. The van der Waals surface area contributed by atoms with E-state index in [9.17, 15) is 0 Å². The molecule has 3 nitrogen and oxygen atoms in total. The molecular formula is C20H35NO2. The number of rotatable bonds is 12. The minimum atomic E-state index is 0.0152. The normalized spacial score (nSPS) is 13.3. The van der Waals surface area contributed by atoms with Gasteiger partial charge in [-0.1, -0.05) is 32.8 Å². The molecule has 0 saturated carbocycles. The van der Waals surface area contributed by atoms with E-state index in [1.165, 1.54) is 18.4 Å². The molecule has 0 amide bonds. The molecule has 0 aliphatic carbocycles. The second-order valence-electron chi connectivity index (χ2n) is 7.04. The van der Waals surface area contributed by atoms with E-state index in [1.54, 1.807) is 0 Å². The van der Waals surface area contributed by atoms with Gasteiger partial charge in [-0.25, -0.2) is 0 Å². The Morgan fingerprint density at radius 2 is 1.96 bits per heavy atom. The van der Waals surface area contributed by atoms with Crippen molar-refractivity contribution in [3.63, 3.8) is 0 Å². The highest BCUT2D eigenvalue weighted by Crippen LogP contribution is 2.21. The van der Waals surface area contributed by atoms with E-state index in [1.807, 2.05) is 6.20 Å². The minimum Gasteiger partial charge on any atom is -0.376 e. The summed E-state index contributed by atoms with van der Waals surface area (Å²) in [6.45, 7) is 13.1. The summed E-state index contributed by atoms with van der Waals surface area (Å²) >= 11 is 0. The quantitative estimate of drug-likeness (QED) is 0.498. The molecule has 1 unspecified atom stereocenters. The Labute approximate surface area is 142 Å². The molecule has 1 rings (SSSR count). The molecule has 0 spiro atoms. The van der Waals surface area contributed by atoms with Gasteiger partial charge >= 0.3 is 0 Å². The van der Waals surface area contributed by atoms with Gasteiger partial charge in [0.2, 0.25) is 0 Å². The van der Waals surface area contributed by atoms with E-state index < -0.39 is 0 Å². The molecule has 0 bridgehead atoms. The van der Waals surface area contributed by atoms with Crippen molar-refractivity contribution < 1.29 is 9.47 Å². The standard InChI is InChI=1S/C20H35NO2/c1-6-18-10-11-19(21-15-18)16-22-14-12-17(3)9-8-13-20(4,5)23-7-2/h10-11,15,17H,6-9,12-14,16H2,1-5H3. The van der Waals surface area contributed by atoms with Crippen LogP contribution in [0, 0.1) is 5.92 Å². The zero-order chi connectivity index (χ0) is 17.1. The Morgan fingerprint density at radius 1 is 1.17 bits per heavy atom. The molecular weight excluding hydrogens is 286 g/mol. The maximum Gasteiger partial charge on any atom is 0.0887 e. The van der Waals surface area contributed by atoms with E-state index in [4.69, 9.17) is 9.47 Å². The van der Waals surface area contributed by atoms with Gasteiger partial charge in [-0.2, -0.15) is 0 Å². The van der Waals surface area contributed by atoms with E-state index >= 15 is 0 Å². The fourth-order valence-corrected chi connectivity index (χ4v) is 2.69. The Kier molecular flexibility index (Phi) is 9.42. The number of pyridine rings is 1. The van der Waals surface area contributed by atoms with Gasteiger partial charge in [0, 0.05) is 19.4 Å². The third-order valence-corrected chi connectivity index (χ3v) is 4.31. The number of nitrogens with zero attached hydrogens (tertiary/aromatic N) is 1. The SMILES string of the molecule is CCOC(C)(C)CCCC(C)CCOCc1ccc(CC)cn1. The van der Waals surface area contributed by atoms with Crippen LogP contribution in [0.4, 0.5) is 0 Å². The Hall–Kier alpha value is -0.930. The van der Waals surface area contributed by atoms with Gasteiger partial charge in [-0.3, -0.25) is 4.98 Å². The summed E-state index contributed by atoms with van der Waals surface area (Å²) in [5.41, 5.74) is 2.31. The first-order valence-corrected chi connectivity index (χ1v) is 9.12. The number of hydrogen-bond acceptors (Lipinski definition) is 3. The predicted octanol–water partition coefficient (Wildman–Crippen LogP) is 5.17. The minimum absolute atomic E-state index is 0.0152. The molecule has 3 heteroatoms. The van der Waals surface area contributed by atoms with Crippen LogP contribution < -0.4 is 0 Å². The van der Waals surface area contributed by atoms with Crippen LogP contribution in [0.15, 0.2) is 18.3 Å². The second-order valence-corrected chi connectivity index (χ2v) is 7.04. The summed E-state index contributed by atoms with van der Waals surface area (Å²) in [5.74, 6) is 0.697. The van der Waals surface area contributed by atoms with Crippen LogP contribution >= 0.6 is 0 Å². The maximum atomic E-state index is 5.76. The number of aromatic nitrogens is 1. The summed E-state index contributed by atoms with van der Waals surface area (Å²) < 4.78 is 11.5. The van der Waals surface area contributed by atoms with Crippen LogP contribution in [-0.2, 0) is 22.5 Å². The largest absolute Gasteiger partial charge is 0.376 e. The van der Waals surface area contributed by atoms with E-state index in [0.717, 1.165) is 38.2 Å². The van der Waals surface area contributed by atoms with Crippen molar-refractivity contribution in [2.24, 2.45) is 5.92 Å². The number of aryl methyl sites for hydroxylation is 1. The Morgan fingerprint density at radius 3 is 2.57 bits per heavy atom. The van der Waals surface area contributed by atoms with E-state index in [0.29, 0.717) is 12.5 Å². The summed E-state index contributed by atoms with van der Waals surface area (Å²) in [5, 5.41) is 0. The molecule has 1 heterocycles. The smallest absolute Gasteiger partial charge is 0.0887 e. The summed E-state index contributed by atoms with van der Waals surface area (Å²) in [6, 6.07) is 4.20. The van der Waals surface area contributed by atoms with Gasteiger partial charge in [0.15, 0.2) is 0 Å². The molecule has 0 fully saturated rings. The van der Waals surface area contributed by atoms with Crippen LogP contribution in [0.1, 0.15) is 71.6 Å². The van der Waals surface area contributed by atoms with Gasteiger partial charge in [0.05, 0.1) is 17.9 Å². The average molecular weight is 322 g/mol.